The fraction of sp³-hybridized carbons (Fsp3) is 0.754. The summed E-state index contributed by atoms with van der Waals surface area (Å²) in [5.41, 5.74) is 2.70. The number of benzene rings is 2. The monoisotopic (exact) mass is 1230 g/mol. The molecule has 0 aromatic heterocycles. The Labute approximate surface area is 482 Å². The Morgan fingerprint density at radius 2 is 0.597 bits per heavy atom. The molecule has 0 aliphatic heterocycles. The molecule has 0 bridgehead atoms. The summed E-state index contributed by atoms with van der Waals surface area (Å²) in [6, 6.07) is 18.8. The first-order valence-corrected chi connectivity index (χ1v) is 56.9. The predicted octanol–water partition coefficient (Wildman–Crippen LogP) is 17.0. The van der Waals surface area contributed by atoms with Crippen LogP contribution in [0.3, 0.4) is 0 Å². The van der Waals surface area contributed by atoms with E-state index < -0.39 is 81.2 Å². The van der Waals surface area contributed by atoms with Gasteiger partial charge in [-0.15, -0.1) is 0 Å². The fourth-order valence-electron chi connectivity index (χ4n) is 9.42. The third-order valence-electron chi connectivity index (χ3n) is 11.4. The van der Waals surface area contributed by atoms with E-state index in [1.54, 1.807) is 0 Å². The number of carbonyl (C=O) groups is 2. The van der Waals surface area contributed by atoms with Gasteiger partial charge in [-0.3, -0.25) is 9.59 Å². The lowest BCUT2D eigenvalue weighted by Crippen LogP contribution is -2.52. The zero-order valence-corrected chi connectivity index (χ0v) is 63.2. The van der Waals surface area contributed by atoms with E-state index in [4.69, 9.17) is 38.9 Å². The lowest BCUT2D eigenvalue weighted by molar-refractivity contribution is -0.00451. The van der Waals surface area contributed by atoms with Crippen LogP contribution in [0.5, 0.6) is 0 Å². The second-order valence-corrected chi connectivity index (χ2v) is 67.6. The van der Waals surface area contributed by atoms with Gasteiger partial charge in [0.1, 0.15) is 5.60 Å². The van der Waals surface area contributed by atoms with Crippen molar-refractivity contribution in [2.75, 3.05) is 33.0 Å². The molecule has 2 rings (SSSR count). The standard InChI is InChI=1S/C33H70O7Si6.C24H46O4Si3/c1-33(2,36-27-19-29-46(16,39-43(9,10)11)40-44(12,13)14)32(34)31-23-21-30(22-24-31)20-17-25-35-26-18-28-45(15,37-41(3,4)5)38-42(6,7)8;1-24(2,3)23(25)22-16-14-21(15-17-22)13-11-18-26-19-12-20-31(10,27-29(4,5)6)28-30(7,8)9/h21-24H,17-20,25-29H2,1-16H3;14-17H,11-13,18-20H2,1-10H3. The summed E-state index contributed by atoms with van der Waals surface area (Å²) in [5.74, 6) is 0.194. The van der Waals surface area contributed by atoms with E-state index >= 15 is 0 Å². The van der Waals surface area contributed by atoms with Crippen LogP contribution in [-0.4, -0.2) is 126 Å². The summed E-state index contributed by atoms with van der Waals surface area (Å²) < 4.78 is 57.6. The summed E-state index contributed by atoms with van der Waals surface area (Å²) >= 11 is 0. The molecule has 0 atom stereocenters. The molecule has 0 N–H and O–H groups in total. The second kappa shape index (κ2) is 31.3. The average molecular weight is 1230 g/mol. The molecule has 0 unspecified atom stereocenters. The van der Waals surface area contributed by atoms with E-state index in [0.29, 0.717) is 12.2 Å². The highest BCUT2D eigenvalue weighted by atomic mass is 28.5. The minimum absolute atomic E-state index is 0.00542. The number of Topliss-reactive ketones (excluding diaryl/α,β-unsaturated/α-hetero) is 2. The zero-order chi connectivity index (χ0) is 59.6. The third-order valence-corrected chi connectivity index (χ3v) is 40.2. The van der Waals surface area contributed by atoms with Gasteiger partial charge < -0.3 is 38.9 Å². The molecule has 0 amide bonds. The van der Waals surface area contributed by atoms with Crippen molar-refractivity contribution in [1.82, 2.24) is 0 Å². The summed E-state index contributed by atoms with van der Waals surface area (Å²) in [5, 5.41) is 0. The van der Waals surface area contributed by atoms with Gasteiger partial charge in [-0.2, -0.15) is 0 Å². The lowest BCUT2D eigenvalue weighted by Gasteiger charge is -2.38. The van der Waals surface area contributed by atoms with Crippen LogP contribution >= 0.6 is 0 Å². The first kappa shape index (κ1) is 74.4. The Morgan fingerprint density at radius 1 is 0.351 bits per heavy atom. The number of ether oxygens (including phenoxy) is 3. The highest BCUT2D eigenvalue weighted by molar-refractivity contribution is 6.89. The van der Waals surface area contributed by atoms with Crippen molar-refractivity contribution in [3.8, 4) is 0 Å². The van der Waals surface area contributed by atoms with Crippen molar-refractivity contribution in [3.05, 3.63) is 70.8 Å². The maximum absolute atomic E-state index is 13.3. The van der Waals surface area contributed by atoms with Crippen LogP contribution in [0.25, 0.3) is 0 Å². The SMILES string of the molecule is CC(C)(C)C(=O)c1ccc(CCCOCCC[Si](C)(O[Si](C)(C)C)O[Si](C)(C)C)cc1.CC(C)(OCCC[Si](C)(O[Si](C)(C)C)O[Si](C)(C)C)C(=O)c1ccc(CCCOCCC[Si](C)(O[Si](C)(C)C)O[Si](C)(C)C)cc1. The Bertz CT molecular complexity index is 1970. The number of aryl methyl sites for hydroxylation is 2. The maximum Gasteiger partial charge on any atom is 0.314 e. The van der Waals surface area contributed by atoms with Crippen LogP contribution in [0.4, 0.5) is 0 Å². The van der Waals surface area contributed by atoms with Crippen molar-refractivity contribution < 1.29 is 48.5 Å². The van der Waals surface area contributed by atoms with Gasteiger partial charge in [0.15, 0.2) is 61.5 Å². The Morgan fingerprint density at radius 3 is 0.857 bits per heavy atom. The highest BCUT2D eigenvalue weighted by Crippen LogP contribution is 2.29. The van der Waals surface area contributed by atoms with E-state index in [-0.39, 0.29) is 17.0 Å². The molecule has 0 spiro atoms. The lowest BCUT2D eigenvalue weighted by atomic mass is 9.86. The molecular weight excluding hydrogens is 1110 g/mol. The molecule has 0 aliphatic rings. The van der Waals surface area contributed by atoms with Crippen LogP contribution in [0.2, 0.25) is 156 Å². The van der Waals surface area contributed by atoms with Crippen LogP contribution in [0, 0.1) is 5.41 Å². The normalized spacial score (nSPS) is 13.9. The first-order chi connectivity index (χ1) is 34.6. The van der Waals surface area contributed by atoms with E-state index in [9.17, 15) is 9.59 Å². The van der Waals surface area contributed by atoms with Crippen LogP contribution < -0.4 is 0 Å². The van der Waals surface area contributed by atoms with E-state index in [2.05, 4.69) is 162 Å². The summed E-state index contributed by atoms with van der Waals surface area (Å²) in [7, 11) is -16.8. The number of ketones is 2. The summed E-state index contributed by atoms with van der Waals surface area (Å²) in [4.78, 5) is 25.7. The summed E-state index contributed by atoms with van der Waals surface area (Å²) in [6.45, 7) is 60.0. The van der Waals surface area contributed by atoms with Crippen molar-refractivity contribution in [2.24, 2.45) is 5.41 Å². The predicted molar refractivity (Wildman–Crippen MR) is 349 cm³/mol. The molecular formula is C57H116O11Si9. The Kier molecular flexibility index (Phi) is 30.3. The molecule has 77 heavy (non-hydrogen) atoms. The zero-order valence-electron chi connectivity index (χ0n) is 54.2. The third kappa shape index (κ3) is 35.9. The van der Waals surface area contributed by atoms with Gasteiger partial charge in [0.25, 0.3) is 0 Å². The Balaban J connectivity index is 0.000000831. The van der Waals surface area contributed by atoms with Gasteiger partial charge in [0.2, 0.25) is 0 Å². The molecule has 0 saturated carbocycles. The summed E-state index contributed by atoms with van der Waals surface area (Å²) in [6.07, 6.45) is 6.58. The molecule has 0 fully saturated rings. The fourth-order valence-corrected chi connectivity index (χ4v) is 46.9. The van der Waals surface area contributed by atoms with Gasteiger partial charge >= 0.3 is 25.7 Å². The van der Waals surface area contributed by atoms with Gasteiger partial charge in [0, 0.05) is 49.6 Å². The molecule has 11 nitrogen and oxygen atoms in total. The molecule has 0 saturated heterocycles. The highest BCUT2D eigenvalue weighted by Gasteiger charge is 2.42. The largest absolute Gasteiger partial charge is 0.437 e. The van der Waals surface area contributed by atoms with E-state index in [0.717, 1.165) is 95.1 Å². The van der Waals surface area contributed by atoms with E-state index in [1.807, 2.05) is 58.9 Å². The number of hydrogen-bond donors (Lipinski definition) is 0. The minimum Gasteiger partial charge on any atom is -0.437 e. The molecule has 446 valence electrons. The quantitative estimate of drug-likeness (QED) is 0.0369. The van der Waals surface area contributed by atoms with Gasteiger partial charge in [-0.1, -0.05) is 69.3 Å². The van der Waals surface area contributed by atoms with Crippen molar-refractivity contribution in [2.45, 2.75) is 241 Å². The van der Waals surface area contributed by atoms with Crippen molar-refractivity contribution in [1.29, 1.82) is 0 Å². The van der Waals surface area contributed by atoms with Crippen molar-refractivity contribution >= 4 is 87.2 Å². The molecule has 20 heteroatoms. The van der Waals surface area contributed by atoms with E-state index in [1.165, 1.54) is 11.1 Å². The van der Waals surface area contributed by atoms with Gasteiger partial charge in [0.05, 0.1) is 0 Å². The van der Waals surface area contributed by atoms with Gasteiger partial charge in [-0.25, -0.2) is 0 Å². The van der Waals surface area contributed by atoms with Crippen LogP contribution in [0.1, 0.15) is 98.6 Å². The van der Waals surface area contributed by atoms with Crippen LogP contribution in [-0.2, 0) is 51.7 Å². The number of rotatable bonds is 36. The average Bonchev–Trinajstić information content (AvgIpc) is 3.20. The molecule has 0 aliphatic carbocycles. The molecule has 2 aromatic rings. The smallest absolute Gasteiger partial charge is 0.314 e. The Hall–Kier alpha value is -0.628. The van der Waals surface area contributed by atoms with Crippen molar-refractivity contribution in [3.63, 3.8) is 0 Å². The minimum atomic E-state index is -2.32. The van der Waals surface area contributed by atoms with Crippen LogP contribution in [0.15, 0.2) is 48.5 Å². The number of carbonyl (C=O) groups excluding carboxylic acids is 2. The topological polar surface area (TPSA) is 117 Å². The maximum atomic E-state index is 13.3. The number of hydrogen-bond acceptors (Lipinski definition) is 11. The first-order valence-electron chi connectivity index (χ1n) is 28.9. The molecule has 0 heterocycles. The van der Waals surface area contributed by atoms with Gasteiger partial charge in [-0.05, 0) is 226 Å². The molecule has 0 radical (unpaired) electrons. The molecule has 2 aromatic carbocycles. The second-order valence-electron chi connectivity index (χ2n) is 29.1.